The predicted octanol–water partition coefficient (Wildman–Crippen LogP) is 8.10. The Morgan fingerprint density at radius 3 is 2.56 bits per heavy atom. The van der Waals surface area contributed by atoms with Crippen molar-refractivity contribution in [3.8, 4) is 11.5 Å². The molecular weight excluding hydrogens is 700 g/mol. The van der Waals surface area contributed by atoms with Crippen LogP contribution in [0.1, 0.15) is 61.3 Å². The van der Waals surface area contributed by atoms with Gasteiger partial charge < -0.3 is 29.7 Å². The van der Waals surface area contributed by atoms with Crippen molar-refractivity contribution in [1.82, 2.24) is 10.6 Å². The number of nitrogens with zero attached hydrogens (tertiary/aromatic N) is 1. The summed E-state index contributed by atoms with van der Waals surface area (Å²) in [6.45, 7) is 8.51. The predicted molar refractivity (Wildman–Crippen MR) is 199 cm³/mol. The van der Waals surface area contributed by atoms with Gasteiger partial charge in [-0.3, -0.25) is 9.59 Å². The second-order valence-corrected chi connectivity index (χ2v) is 14.6. The number of fused-ring (bicyclic) bond motifs is 1. The van der Waals surface area contributed by atoms with Gasteiger partial charge in [0.25, 0.3) is 5.91 Å². The number of rotatable bonds is 14. The Balaban J connectivity index is 0.00000562. The van der Waals surface area contributed by atoms with Gasteiger partial charge in [0, 0.05) is 51.9 Å². The van der Waals surface area contributed by atoms with E-state index in [1.807, 2.05) is 51.1 Å². The van der Waals surface area contributed by atoms with Crippen LogP contribution in [-0.2, 0) is 27.4 Å². The van der Waals surface area contributed by atoms with E-state index in [1.54, 1.807) is 53.7 Å². The second kappa shape index (κ2) is 18.0. The highest BCUT2D eigenvalue weighted by atomic mass is 35.5. The Hall–Kier alpha value is -3.67. The minimum atomic E-state index is -1.16. The first kappa shape index (κ1) is 39.1. The lowest BCUT2D eigenvalue weighted by molar-refractivity contribution is -0.138. The molecular formula is C38H44Cl2FN3O5S. The molecule has 50 heavy (non-hydrogen) atoms. The molecule has 1 aromatic heterocycles. The maximum atomic E-state index is 14.3. The van der Waals surface area contributed by atoms with E-state index in [0.717, 1.165) is 19.5 Å². The first-order valence-corrected chi connectivity index (χ1v) is 17.6. The standard InChI is InChI=1S/C38H43ClFN3O5S.ClH/c1-38(2,3)24-43-31-16-15-26(39)20-29(31)35(48-33(37(43)45)21-34(44)42-22-25-10-5-6-13-30(25)40)28-12-7-14-32(36(28)46-4)47-18-9-17-41-23-27-11-8-19-49-27;/h5-8,10-16,19-20,33,35,41H,9,17-18,21-24H2,1-4H3,(H,42,44);1H/t33-,35-;/m0./s1. The molecule has 0 bridgehead atoms. The van der Waals surface area contributed by atoms with E-state index in [-0.39, 0.29) is 36.7 Å². The zero-order chi connectivity index (χ0) is 35.0. The van der Waals surface area contributed by atoms with Crippen LogP contribution in [0.25, 0.3) is 0 Å². The van der Waals surface area contributed by atoms with E-state index in [2.05, 4.69) is 22.1 Å². The molecule has 0 unspecified atom stereocenters. The summed E-state index contributed by atoms with van der Waals surface area (Å²) < 4.78 is 33.0. The molecule has 4 aromatic rings. The van der Waals surface area contributed by atoms with Gasteiger partial charge >= 0.3 is 0 Å². The summed E-state index contributed by atoms with van der Waals surface area (Å²) in [5.74, 6) is -0.228. The molecule has 0 aliphatic carbocycles. The van der Waals surface area contributed by atoms with Crippen LogP contribution in [0.3, 0.4) is 0 Å². The van der Waals surface area contributed by atoms with Crippen molar-refractivity contribution in [3.63, 3.8) is 0 Å². The largest absolute Gasteiger partial charge is 0.492 e. The molecule has 3 aromatic carbocycles. The van der Waals surface area contributed by atoms with Gasteiger partial charge in [-0.05, 0) is 60.2 Å². The SMILES string of the molecule is COc1c(OCCCNCc2cccs2)cccc1[C@@H]1O[C@@H](CC(=O)NCc2ccccc2F)C(=O)N(CC(C)(C)C)c2ccc(Cl)cc21.Cl. The first-order chi connectivity index (χ1) is 23.5. The number of carbonyl (C=O) groups excluding carboxylic acids is 2. The van der Waals surface area contributed by atoms with Gasteiger partial charge in [-0.25, -0.2) is 4.39 Å². The van der Waals surface area contributed by atoms with Crippen LogP contribution in [0.15, 0.2) is 78.2 Å². The summed E-state index contributed by atoms with van der Waals surface area (Å²) in [5.41, 5.74) is 1.98. The Morgan fingerprint density at radius 2 is 1.84 bits per heavy atom. The van der Waals surface area contributed by atoms with Crippen LogP contribution >= 0.6 is 35.3 Å². The first-order valence-electron chi connectivity index (χ1n) is 16.3. The summed E-state index contributed by atoms with van der Waals surface area (Å²) in [5, 5.41) is 8.72. The fourth-order valence-electron chi connectivity index (χ4n) is 5.73. The number of hydrogen-bond donors (Lipinski definition) is 2. The molecule has 1 aliphatic rings. The maximum absolute atomic E-state index is 14.3. The fourth-order valence-corrected chi connectivity index (χ4v) is 6.59. The lowest BCUT2D eigenvalue weighted by atomic mass is 9.94. The molecule has 0 radical (unpaired) electrons. The monoisotopic (exact) mass is 743 g/mol. The van der Waals surface area contributed by atoms with Crippen molar-refractivity contribution in [1.29, 1.82) is 0 Å². The van der Waals surface area contributed by atoms with Crippen molar-refractivity contribution < 1.29 is 28.2 Å². The van der Waals surface area contributed by atoms with Crippen LogP contribution in [-0.4, -0.2) is 44.7 Å². The van der Waals surface area contributed by atoms with Gasteiger partial charge in [0.2, 0.25) is 5.91 Å². The zero-order valence-electron chi connectivity index (χ0n) is 28.7. The van der Waals surface area contributed by atoms with Gasteiger partial charge in [0.05, 0.1) is 20.1 Å². The van der Waals surface area contributed by atoms with Crippen molar-refractivity contribution in [2.24, 2.45) is 5.41 Å². The molecule has 12 heteroatoms. The molecule has 268 valence electrons. The number of para-hydroxylation sites is 1. The number of benzene rings is 3. The third-order valence-electron chi connectivity index (χ3n) is 7.97. The molecule has 2 atom stereocenters. The van der Waals surface area contributed by atoms with E-state index < -0.39 is 23.9 Å². The average molecular weight is 745 g/mol. The maximum Gasteiger partial charge on any atom is 0.256 e. The number of carbonyl (C=O) groups is 2. The molecule has 0 saturated heterocycles. The van der Waals surface area contributed by atoms with Gasteiger partial charge in [-0.1, -0.05) is 68.8 Å². The summed E-state index contributed by atoms with van der Waals surface area (Å²) in [6, 6.07) is 21.3. The fraction of sp³-hybridized carbons (Fsp3) is 0.368. The van der Waals surface area contributed by atoms with Gasteiger partial charge in [-0.2, -0.15) is 0 Å². The highest BCUT2D eigenvalue weighted by Crippen LogP contribution is 2.45. The van der Waals surface area contributed by atoms with Crippen molar-refractivity contribution in [2.45, 2.75) is 58.9 Å². The molecule has 2 N–H and O–H groups in total. The van der Waals surface area contributed by atoms with Gasteiger partial charge in [0.1, 0.15) is 18.0 Å². The number of halogens is 3. The van der Waals surface area contributed by atoms with E-state index in [1.165, 1.54) is 10.9 Å². The van der Waals surface area contributed by atoms with E-state index in [4.69, 9.17) is 25.8 Å². The lowest BCUT2D eigenvalue weighted by Gasteiger charge is -2.31. The highest BCUT2D eigenvalue weighted by Gasteiger charge is 2.40. The Bertz CT molecular complexity index is 1730. The number of amides is 2. The summed E-state index contributed by atoms with van der Waals surface area (Å²) in [4.78, 5) is 30.6. The van der Waals surface area contributed by atoms with Gasteiger partial charge in [0.15, 0.2) is 11.5 Å². The Labute approximate surface area is 308 Å². The third kappa shape index (κ3) is 10.2. The molecule has 0 spiro atoms. The normalized spacial score (nSPS) is 15.9. The smallest absolute Gasteiger partial charge is 0.256 e. The molecule has 1 aliphatic heterocycles. The Kier molecular flexibility index (Phi) is 14.1. The van der Waals surface area contributed by atoms with Crippen LogP contribution in [0.2, 0.25) is 5.02 Å². The summed E-state index contributed by atoms with van der Waals surface area (Å²) in [7, 11) is 1.56. The van der Waals surface area contributed by atoms with Gasteiger partial charge in [-0.15, -0.1) is 23.7 Å². The van der Waals surface area contributed by atoms with Crippen molar-refractivity contribution in [2.75, 3.05) is 31.7 Å². The minimum absolute atomic E-state index is 0. The van der Waals surface area contributed by atoms with E-state index in [0.29, 0.717) is 52.1 Å². The molecule has 0 saturated carbocycles. The van der Waals surface area contributed by atoms with E-state index in [9.17, 15) is 14.0 Å². The zero-order valence-corrected chi connectivity index (χ0v) is 31.1. The van der Waals surface area contributed by atoms with E-state index >= 15 is 0 Å². The molecule has 2 heterocycles. The van der Waals surface area contributed by atoms with Crippen LogP contribution < -0.4 is 25.0 Å². The Morgan fingerprint density at radius 1 is 1.04 bits per heavy atom. The third-order valence-corrected chi connectivity index (χ3v) is 9.08. The molecule has 0 fully saturated rings. The topological polar surface area (TPSA) is 89.1 Å². The number of anilines is 1. The summed E-state index contributed by atoms with van der Waals surface area (Å²) >= 11 is 8.28. The quantitative estimate of drug-likeness (QED) is 0.127. The molecule has 2 amide bonds. The summed E-state index contributed by atoms with van der Waals surface area (Å²) in [6.07, 6.45) is -1.50. The lowest BCUT2D eigenvalue weighted by Crippen LogP contribution is -2.45. The van der Waals surface area contributed by atoms with Crippen LogP contribution in [0, 0.1) is 11.2 Å². The molecule has 5 rings (SSSR count). The van der Waals surface area contributed by atoms with Crippen molar-refractivity contribution >= 4 is 52.8 Å². The number of methoxy groups -OCH3 is 1. The second-order valence-electron chi connectivity index (χ2n) is 13.1. The number of nitrogens with one attached hydrogen (secondary N) is 2. The number of ether oxygens (including phenoxy) is 3. The molecule has 8 nitrogen and oxygen atoms in total. The van der Waals surface area contributed by atoms with Crippen LogP contribution in [0.4, 0.5) is 10.1 Å². The van der Waals surface area contributed by atoms with Crippen molar-refractivity contribution in [3.05, 3.63) is 111 Å². The highest BCUT2D eigenvalue weighted by molar-refractivity contribution is 7.09. The number of thiophene rings is 1. The minimum Gasteiger partial charge on any atom is -0.492 e. The average Bonchev–Trinajstić information content (AvgIpc) is 3.56. The van der Waals surface area contributed by atoms with Crippen LogP contribution in [0.5, 0.6) is 11.5 Å². The number of hydrogen-bond acceptors (Lipinski definition) is 7.